The number of hydrazine groups is 1. The van der Waals surface area contributed by atoms with Crippen molar-refractivity contribution < 1.29 is 19.1 Å². The summed E-state index contributed by atoms with van der Waals surface area (Å²) in [5.41, 5.74) is 7.02. The number of azo groups is 1. The Bertz CT molecular complexity index is 1260. The first-order valence-electron chi connectivity index (χ1n) is 16.2. The Labute approximate surface area is 262 Å². The maximum atomic E-state index is 12.5. The molecule has 0 aliphatic heterocycles. The van der Waals surface area contributed by atoms with E-state index in [-0.39, 0.29) is 0 Å². The first-order chi connectivity index (χ1) is 21.6. The summed E-state index contributed by atoms with van der Waals surface area (Å²) in [6, 6.07) is 21.0. The summed E-state index contributed by atoms with van der Waals surface area (Å²) in [7, 11) is 0. The van der Waals surface area contributed by atoms with Crippen molar-refractivity contribution in [2.45, 2.75) is 90.9 Å². The molecule has 3 rings (SSSR count). The smallest absolute Gasteiger partial charge is 0.269 e. The zero-order chi connectivity index (χ0) is 31.2. The van der Waals surface area contributed by atoms with Crippen LogP contribution in [0.1, 0.15) is 112 Å². The normalized spacial score (nSPS) is 11.0. The maximum Gasteiger partial charge on any atom is 0.269 e. The minimum Gasteiger partial charge on any atom is -0.494 e. The number of nitrogens with zero attached hydrogens (tertiary/aromatic N) is 2. The van der Waals surface area contributed by atoms with Crippen molar-refractivity contribution in [3.63, 3.8) is 0 Å². The highest BCUT2D eigenvalue weighted by Crippen LogP contribution is 2.22. The van der Waals surface area contributed by atoms with Crippen molar-refractivity contribution in [3.8, 4) is 11.5 Å². The summed E-state index contributed by atoms with van der Waals surface area (Å²) in [6.45, 7) is 5.82. The van der Waals surface area contributed by atoms with Gasteiger partial charge in [-0.25, -0.2) is 0 Å². The molecule has 0 radical (unpaired) electrons. The van der Waals surface area contributed by atoms with Crippen LogP contribution in [0.15, 0.2) is 83.0 Å². The highest BCUT2D eigenvalue weighted by Gasteiger charge is 2.10. The van der Waals surface area contributed by atoms with E-state index in [1.807, 2.05) is 24.3 Å². The third-order valence-electron chi connectivity index (χ3n) is 7.19. The van der Waals surface area contributed by atoms with Gasteiger partial charge in [-0.1, -0.05) is 78.1 Å². The number of ether oxygens (including phenoxy) is 2. The molecule has 3 aromatic carbocycles. The van der Waals surface area contributed by atoms with Crippen LogP contribution in [-0.2, 0) is 0 Å². The summed E-state index contributed by atoms with van der Waals surface area (Å²) in [4.78, 5) is 25.0. The fourth-order valence-corrected chi connectivity index (χ4v) is 4.51. The predicted octanol–water partition coefficient (Wildman–Crippen LogP) is 9.66. The number of hydrogen-bond donors (Lipinski definition) is 2. The van der Waals surface area contributed by atoms with Crippen molar-refractivity contribution in [2.75, 3.05) is 13.2 Å². The molecule has 0 aliphatic rings. The van der Waals surface area contributed by atoms with Gasteiger partial charge in [-0.3, -0.25) is 20.4 Å². The van der Waals surface area contributed by atoms with Crippen LogP contribution in [-0.4, -0.2) is 25.0 Å². The highest BCUT2D eigenvalue weighted by atomic mass is 16.5. The minimum atomic E-state index is -0.433. The number of rotatable bonds is 20. The molecule has 0 atom stereocenters. The van der Waals surface area contributed by atoms with Gasteiger partial charge in [-0.05, 0) is 85.6 Å². The molecular weight excluding hydrogens is 552 g/mol. The quantitative estimate of drug-likeness (QED) is 0.0766. The molecule has 236 valence electrons. The summed E-state index contributed by atoms with van der Waals surface area (Å²) in [6.07, 6.45) is 14.6. The van der Waals surface area contributed by atoms with E-state index >= 15 is 0 Å². The zero-order valence-corrected chi connectivity index (χ0v) is 26.4. The second kappa shape index (κ2) is 20.7. The van der Waals surface area contributed by atoms with Gasteiger partial charge in [0.25, 0.3) is 11.8 Å². The molecule has 8 heteroatoms. The third kappa shape index (κ3) is 13.4. The van der Waals surface area contributed by atoms with Crippen LogP contribution in [0.5, 0.6) is 11.5 Å². The lowest BCUT2D eigenvalue weighted by Gasteiger charge is -2.09. The summed E-state index contributed by atoms with van der Waals surface area (Å²) in [5.74, 6) is 0.702. The molecule has 0 fully saturated rings. The van der Waals surface area contributed by atoms with Gasteiger partial charge in [0.1, 0.15) is 11.5 Å². The molecule has 44 heavy (non-hydrogen) atoms. The SMILES string of the molecule is CCCCCCCCOc1ccc(N=Nc2ccc(C(=O)NNC(=O)c3ccc(OCCCCCCCC)cc3)cc2)cc1. The molecule has 8 nitrogen and oxygen atoms in total. The number of hydrogen-bond acceptors (Lipinski definition) is 6. The van der Waals surface area contributed by atoms with Crippen LogP contribution in [0, 0.1) is 0 Å². The molecule has 3 aromatic rings. The van der Waals surface area contributed by atoms with Crippen molar-refractivity contribution in [3.05, 3.63) is 83.9 Å². The molecule has 0 spiro atoms. The van der Waals surface area contributed by atoms with Gasteiger partial charge in [0.2, 0.25) is 0 Å². The standard InChI is InChI=1S/C36H48N4O4/c1-3-5-7-9-11-13-27-43-33-23-17-30(18-24-33)36(42)40-39-35(41)29-15-19-31(20-16-29)37-38-32-21-25-34(26-22-32)44-28-14-12-10-8-6-4-2/h15-26H,3-14,27-28H2,1-2H3,(H,39,41)(H,40,42). The van der Waals surface area contributed by atoms with Crippen LogP contribution in [0.25, 0.3) is 0 Å². The van der Waals surface area contributed by atoms with Crippen LogP contribution < -0.4 is 20.3 Å². The fraction of sp³-hybridized carbons (Fsp3) is 0.444. The molecule has 0 aromatic heterocycles. The molecular formula is C36H48N4O4. The van der Waals surface area contributed by atoms with Crippen molar-refractivity contribution in [2.24, 2.45) is 10.2 Å². The molecule has 0 aliphatic carbocycles. The van der Waals surface area contributed by atoms with Gasteiger partial charge in [0.15, 0.2) is 0 Å². The molecule has 0 unspecified atom stereocenters. The van der Waals surface area contributed by atoms with E-state index in [0.29, 0.717) is 29.1 Å². The van der Waals surface area contributed by atoms with Gasteiger partial charge in [0.05, 0.1) is 24.6 Å². The number of carbonyl (C=O) groups excluding carboxylic acids is 2. The Morgan fingerprint density at radius 1 is 0.500 bits per heavy atom. The lowest BCUT2D eigenvalue weighted by molar-refractivity contribution is 0.0846. The summed E-state index contributed by atoms with van der Waals surface area (Å²) in [5, 5.41) is 8.52. The van der Waals surface area contributed by atoms with E-state index in [1.165, 1.54) is 57.8 Å². The molecule has 2 N–H and O–H groups in total. The predicted molar refractivity (Wildman–Crippen MR) is 176 cm³/mol. The van der Waals surface area contributed by atoms with Gasteiger partial charge in [-0.15, -0.1) is 0 Å². The third-order valence-corrected chi connectivity index (χ3v) is 7.19. The Balaban J connectivity index is 1.35. The Morgan fingerprint density at radius 3 is 1.27 bits per heavy atom. The second-order valence-corrected chi connectivity index (χ2v) is 10.9. The molecule has 0 saturated carbocycles. The van der Waals surface area contributed by atoms with Crippen molar-refractivity contribution in [1.82, 2.24) is 10.9 Å². The van der Waals surface area contributed by atoms with Crippen LogP contribution in [0.2, 0.25) is 0 Å². The number of amides is 2. The summed E-state index contributed by atoms with van der Waals surface area (Å²) < 4.78 is 11.6. The number of nitrogens with one attached hydrogen (secondary N) is 2. The van der Waals surface area contributed by atoms with E-state index in [1.54, 1.807) is 48.5 Å². The minimum absolute atomic E-state index is 0.384. The number of benzene rings is 3. The lowest BCUT2D eigenvalue weighted by atomic mass is 10.1. The molecule has 0 heterocycles. The van der Waals surface area contributed by atoms with E-state index in [2.05, 4.69) is 34.9 Å². The zero-order valence-electron chi connectivity index (χ0n) is 26.4. The van der Waals surface area contributed by atoms with Crippen LogP contribution in [0.4, 0.5) is 11.4 Å². The van der Waals surface area contributed by atoms with Crippen LogP contribution >= 0.6 is 0 Å². The fourth-order valence-electron chi connectivity index (χ4n) is 4.51. The van der Waals surface area contributed by atoms with E-state index < -0.39 is 11.8 Å². The molecule has 0 saturated heterocycles. The highest BCUT2D eigenvalue weighted by molar-refractivity contribution is 5.99. The topological polar surface area (TPSA) is 101 Å². The van der Waals surface area contributed by atoms with E-state index in [9.17, 15) is 9.59 Å². The molecule has 2 amide bonds. The number of unbranched alkanes of at least 4 members (excludes halogenated alkanes) is 10. The Kier molecular flexibility index (Phi) is 16.1. The average molecular weight is 601 g/mol. The maximum absolute atomic E-state index is 12.5. The van der Waals surface area contributed by atoms with Gasteiger partial charge in [0, 0.05) is 11.1 Å². The van der Waals surface area contributed by atoms with E-state index in [4.69, 9.17) is 9.47 Å². The van der Waals surface area contributed by atoms with Crippen molar-refractivity contribution in [1.29, 1.82) is 0 Å². The number of carbonyl (C=O) groups is 2. The van der Waals surface area contributed by atoms with Gasteiger partial charge < -0.3 is 9.47 Å². The Morgan fingerprint density at radius 2 is 0.841 bits per heavy atom. The first-order valence-corrected chi connectivity index (χ1v) is 16.2. The van der Waals surface area contributed by atoms with E-state index in [0.717, 1.165) is 37.4 Å². The first kappa shape index (κ1) is 34.3. The van der Waals surface area contributed by atoms with Gasteiger partial charge in [-0.2, -0.15) is 10.2 Å². The lowest BCUT2D eigenvalue weighted by Crippen LogP contribution is -2.41. The molecule has 0 bridgehead atoms. The summed E-state index contributed by atoms with van der Waals surface area (Å²) >= 11 is 0. The Hall–Kier alpha value is -4.20. The van der Waals surface area contributed by atoms with Gasteiger partial charge >= 0.3 is 0 Å². The second-order valence-electron chi connectivity index (χ2n) is 10.9. The largest absolute Gasteiger partial charge is 0.494 e. The average Bonchev–Trinajstić information content (AvgIpc) is 3.06. The monoisotopic (exact) mass is 600 g/mol. The van der Waals surface area contributed by atoms with Crippen LogP contribution in [0.3, 0.4) is 0 Å². The van der Waals surface area contributed by atoms with Crippen molar-refractivity contribution >= 4 is 23.2 Å².